The molecule has 4 saturated carbocycles. The lowest BCUT2D eigenvalue weighted by Crippen LogP contribution is -2.44. The molecule has 0 aromatic rings. The van der Waals surface area contributed by atoms with Gasteiger partial charge in [0.1, 0.15) is 5.57 Å². The molecule has 0 amide bonds. The number of carboxylic acid groups (broad SMARTS) is 1. The minimum Gasteiger partial charge on any atom is -0.478 e. The van der Waals surface area contributed by atoms with Gasteiger partial charge in [0.25, 0.3) is 0 Å². The molecular formula is C17H22O3. The average Bonchev–Trinajstić information content (AvgIpc) is 2.35. The van der Waals surface area contributed by atoms with E-state index in [1.165, 1.54) is 45.1 Å². The molecule has 4 fully saturated rings. The van der Waals surface area contributed by atoms with Crippen molar-refractivity contribution in [3.05, 3.63) is 23.8 Å². The number of carbonyl (C=O) groups is 2. The van der Waals surface area contributed by atoms with Crippen LogP contribution in [0.4, 0.5) is 0 Å². The molecule has 20 heavy (non-hydrogen) atoms. The molecule has 0 aliphatic heterocycles. The molecule has 4 aliphatic carbocycles. The van der Waals surface area contributed by atoms with Crippen LogP contribution in [0.5, 0.6) is 0 Å². The number of ketones is 1. The molecule has 0 unspecified atom stereocenters. The van der Waals surface area contributed by atoms with Gasteiger partial charge in [0.2, 0.25) is 0 Å². The highest BCUT2D eigenvalue weighted by Crippen LogP contribution is 2.56. The number of carboxylic acids is 1. The summed E-state index contributed by atoms with van der Waals surface area (Å²) < 4.78 is 0. The summed E-state index contributed by atoms with van der Waals surface area (Å²) in [5, 5.41) is 8.96. The standard InChI is InChI=1S/C17H22O3/c1-10(18)15(17(19)20)3-2-4-16-13-6-11-5-12(8-13)9-14(16)7-11/h2-4,11-14,16H,5-9H2,1H3,(H,19,20)/b4-2+,15-3+. The smallest absolute Gasteiger partial charge is 0.339 e. The van der Waals surface area contributed by atoms with Gasteiger partial charge in [-0.15, -0.1) is 0 Å². The van der Waals surface area contributed by atoms with Crippen molar-refractivity contribution in [1.29, 1.82) is 0 Å². The first-order chi connectivity index (χ1) is 9.54. The maximum Gasteiger partial charge on any atom is 0.339 e. The van der Waals surface area contributed by atoms with E-state index in [-0.39, 0.29) is 11.4 Å². The molecule has 0 spiro atoms. The van der Waals surface area contributed by atoms with Gasteiger partial charge in [-0.05, 0) is 74.7 Å². The Labute approximate surface area is 119 Å². The van der Waals surface area contributed by atoms with Crippen LogP contribution in [0.25, 0.3) is 0 Å². The zero-order chi connectivity index (χ0) is 14.3. The Kier molecular flexibility index (Phi) is 3.53. The molecule has 3 nitrogen and oxygen atoms in total. The summed E-state index contributed by atoms with van der Waals surface area (Å²) in [5.74, 6) is 2.57. The van der Waals surface area contributed by atoms with Gasteiger partial charge in [0.15, 0.2) is 5.78 Å². The van der Waals surface area contributed by atoms with Crippen LogP contribution in [0.1, 0.15) is 39.0 Å². The molecule has 0 aromatic heterocycles. The Morgan fingerprint density at radius 3 is 2.00 bits per heavy atom. The Hall–Kier alpha value is -1.38. The first-order valence-electron chi connectivity index (χ1n) is 7.67. The van der Waals surface area contributed by atoms with Crippen molar-refractivity contribution in [3.63, 3.8) is 0 Å². The van der Waals surface area contributed by atoms with Crippen LogP contribution in [0, 0.1) is 29.6 Å². The number of aliphatic carboxylic acids is 1. The Balaban J connectivity index is 1.71. The summed E-state index contributed by atoms with van der Waals surface area (Å²) in [7, 11) is 0. The van der Waals surface area contributed by atoms with Crippen LogP contribution in [0.3, 0.4) is 0 Å². The van der Waals surface area contributed by atoms with E-state index in [1.807, 2.05) is 0 Å². The molecule has 4 bridgehead atoms. The van der Waals surface area contributed by atoms with Crippen molar-refractivity contribution < 1.29 is 14.7 Å². The fourth-order valence-corrected chi connectivity index (χ4v) is 4.90. The first kappa shape index (κ1) is 13.6. The highest BCUT2D eigenvalue weighted by Gasteiger charge is 2.46. The van der Waals surface area contributed by atoms with E-state index in [2.05, 4.69) is 6.08 Å². The summed E-state index contributed by atoms with van der Waals surface area (Å²) in [4.78, 5) is 22.2. The minimum atomic E-state index is -1.13. The number of hydrogen-bond donors (Lipinski definition) is 1. The van der Waals surface area contributed by atoms with Gasteiger partial charge < -0.3 is 5.11 Å². The Morgan fingerprint density at radius 1 is 1.00 bits per heavy atom. The second kappa shape index (κ2) is 5.19. The predicted octanol–water partition coefficient (Wildman–Crippen LogP) is 3.21. The van der Waals surface area contributed by atoms with Gasteiger partial charge in [-0.25, -0.2) is 4.79 Å². The maximum atomic E-state index is 11.2. The largest absolute Gasteiger partial charge is 0.478 e. The quantitative estimate of drug-likeness (QED) is 0.370. The summed E-state index contributed by atoms with van der Waals surface area (Å²) in [6.07, 6.45) is 12.3. The maximum absolute atomic E-state index is 11.2. The lowest BCUT2D eigenvalue weighted by molar-refractivity contribution is -0.134. The summed E-state index contributed by atoms with van der Waals surface area (Å²) in [6.45, 7) is 1.30. The average molecular weight is 274 g/mol. The van der Waals surface area contributed by atoms with Crippen LogP contribution in [-0.4, -0.2) is 16.9 Å². The van der Waals surface area contributed by atoms with Crippen molar-refractivity contribution in [2.45, 2.75) is 39.0 Å². The van der Waals surface area contributed by atoms with Crippen LogP contribution in [0.2, 0.25) is 0 Å². The number of Topliss-reactive ketones (excluding diaryl/α,β-unsaturated/α-hetero) is 1. The summed E-state index contributed by atoms with van der Waals surface area (Å²) in [6, 6.07) is 0. The number of allylic oxidation sites excluding steroid dienone is 3. The third kappa shape index (κ3) is 2.46. The van der Waals surface area contributed by atoms with E-state index in [1.54, 1.807) is 6.08 Å². The fourth-order valence-electron chi connectivity index (χ4n) is 4.90. The van der Waals surface area contributed by atoms with E-state index < -0.39 is 5.97 Å². The van der Waals surface area contributed by atoms with E-state index in [9.17, 15) is 9.59 Å². The second-order valence-corrected chi connectivity index (χ2v) is 6.83. The number of carbonyl (C=O) groups excluding carboxylic acids is 1. The van der Waals surface area contributed by atoms with Crippen LogP contribution >= 0.6 is 0 Å². The van der Waals surface area contributed by atoms with Gasteiger partial charge in [-0.2, -0.15) is 0 Å². The predicted molar refractivity (Wildman–Crippen MR) is 76.1 cm³/mol. The zero-order valence-corrected chi connectivity index (χ0v) is 11.9. The molecule has 3 heteroatoms. The zero-order valence-electron chi connectivity index (χ0n) is 11.9. The lowest BCUT2D eigenvalue weighted by Gasteiger charge is -2.53. The molecule has 0 atom stereocenters. The molecule has 4 aliphatic rings. The van der Waals surface area contributed by atoms with Gasteiger partial charge in [-0.1, -0.05) is 12.2 Å². The van der Waals surface area contributed by atoms with Gasteiger partial charge in [0.05, 0.1) is 0 Å². The molecule has 1 N–H and O–H groups in total. The molecule has 0 saturated heterocycles. The topological polar surface area (TPSA) is 54.4 Å². The second-order valence-electron chi connectivity index (χ2n) is 6.83. The van der Waals surface area contributed by atoms with Crippen molar-refractivity contribution >= 4 is 11.8 Å². The van der Waals surface area contributed by atoms with Crippen LogP contribution in [-0.2, 0) is 9.59 Å². The minimum absolute atomic E-state index is 0.120. The van der Waals surface area contributed by atoms with Crippen molar-refractivity contribution in [2.75, 3.05) is 0 Å². The number of hydrogen-bond acceptors (Lipinski definition) is 2. The molecule has 0 aromatic carbocycles. The molecule has 0 heterocycles. The third-order valence-electron chi connectivity index (χ3n) is 5.51. The molecule has 108 valence electrons. The highest BCUT2D eigenvalue weighted by atomic mass is 16.4. The molecule has 4 rings (SSSR count). The highest BCUT2D eigenvalue weighted by molar-refractivity contribution is 6.15. The van der Waals surface area contributed by atoms with E-state index in [0.717, 1.165) is 23.7 Å². The Bertz CT molecular complexity index is 442. The Morgan fingerprint density at radius 2 is 1.55 bits per heavy atom. The van der Waals surface area contributed by atoms with E-state index in [4.69, 9.17) is 5.11 Å². The van der Waals surface area contributed by atoms with Gasteiger partial charge in [-0.3, -0.25) is 4.79 Å². The molecule has 0 radical (unpaired) electrons. The third-order valence-corrected chi connectivity index (χ3v) is 5.51. The fraction of sp³-hybridized carbons (Fsp3) is 0.647. The molecular weight excluding hydrogens is 252 g/mol. The van der Waals surface area contributed by atoms with Crippen LogP contribution < -0.4 is 0 Å². The van der Waals surface area contributed by atoms with Crippen molar-refractivity contribution in [2.24, 2.45) is 29.6 Å². The lowest BCUT2D eigenvalue weighted by atomic mass is 9.52. The van der Waals surface area contributed by atoms with Gasteiger partial charge >= 0.3 is 5.97 Å². The van der Waals surface area contributed by atoms with Crippen molar-refractivity contribution in [1.82, 2.24) is 0 Å². The first-order valence-corrected chi connectivity index (χ1v) is 7.67. The van der Waals surface area contributed by atoms with Crippen LogP contribution in [0.15, 0.2) is 23.8 Å². The normalized spacial score (nSPS) is 39.5. The SMILES string of the molecule is CC(=O)/C(=C\C=C\C1C2CC3CC(C2)CC1C3)C(=O)O. The van der Waals surface area contributed by atoms with E-state index in [0.29, 0.717) is 5.92 Å². The van der Waals surface area contributed by atoms with E-state index >= 15 is 0 Å². The number of rotatable bonds is 4. The summed E-state index contributed by atoms with van der Waals surface area (Å²) in [5.41, 5.74) is -0.120. The monoisotopic (exact) mass is 274 g/mol. The van der Waals surface area contributed by atoms with Gasteiger partial charge in [0, 0.05) is 0 Å². The van der Waals surface area contributed by atoms with Crippen molar-refractivity contribution in [3.8, 4) is 0 Å². The summed E-state index contributed by atoms with van der Waals surface area (Å²) >= 11 is 0.